The Balaban J connectivity index is 1.92. The molecule has 0 saturated carbocycles. The molecule has 18 heavy (non-hydrogen) atoms. The van der Waals surface area contributed by atoms with Gasteiger partial charge < -0.3 is 5.32 Å². The van der Waals surface area contributed by atoms with Crippen LogP contribution in [0, 0.1) is 17.5 Å². The average molecular weight is 252 g/mol. The van der Waals surface area contributed by atoms with Crippen LogP contribution < -0.4 is 5.32 Å². The maximum Gasteiger partial charge on any atom is 0.168 e. The summed E-state index contributed by atoms with van der Waals surface area (Å²) in [5.74, 6) is -1.77. The van der Waals surface area contributed by atoms with E-state index >= 15 is 0 Å². The van der Waals surface area contributed by atoms with E-state index < -0.39 is 11.6 Å². The third-order valence-electron chi connectivity index (χ3n) is 2.40. The molecule has 94 valence electrons. The van der Waals surface area contributed by atoms with E-state index in [1.807, 2.05) is 0 Å². The second-order valence-electron chi connectivity index (χ2n) is 3.79. The fourth-order valence-electron chi connectivity index (χ4n) is 1.56. The minimum atomic E-state index is -0.741. The number of rotatable bonds is 4. The van der Waals surface area contributed by atoms with Gasteiger partial charge in [0, 0.05) is 12.6 Å². The average Bonchev–Trinajstić information content (AvgIpc) is 2.32. The quantitative estimate of drug-likeness (QED) is 0.904. The fraction of sp³-hybridized carbons (Fsp3) is 0.154. The molecule has 0 saturated heterocycles. The molecule has 5 heteroatoms. The third-order valence-corrected chi connectivity index (χ3v) is 2.40. The zero-order valence-electron chi connectivity index (χ0n) is 9.46. The number of anilines is 1. The van der Waals surface area contributed by atoms with Crippen molar-refractivity contribution < 1.29 is 13.2 Å². The van der Waals surface area contributed by atoms with Crippen LogP contribution >= 0.6 is 0 Å². The van der Waals surface area contributed by atoms with Gasteiger partial charge in [-0.2, -0.15) is 0 Å². The highest BCUT2D eigenvalue weighted by Gasteiger charge is 2.04. The molecule has 0 unspecified atom stereocenters. The van der Waals surface area contributed by atoms with Crippen molar-refractivity contribution >= 4 is 5.82 Å². The first-order valence-electron chi connectivity index (χ1n) is 5.44. The van der Waals surface area contributed by atoms with Crippen LogP contribution in [-0.2, 0) is 6.42 Å². The van der Waals surface area contributed by atoms with E-state index in [2.05, 4.69) is 10.3 Å². The molecule has 0 spiro atoms. The van der Waals surface area contributed by atoms with Gasteiger partial charge in [-0.1, -0.05) is 12.1 Å². The molecule has 0 bridgehead atoms. The Hall–Kier alpha value is -2.04. The minimum absolute atomic E-state index is 0.00666. The van der Waals surface area contributed by atoms with Gasteiger partial charge in [-0.3, -0.25) is 0 Å². The molecule has 0 aliphatic rings. The van der Waals surface area contributed by atoms with Crippen LogP contribution in [0.4, 0.5) is 19.0 Å². The third kappa shape index (κ3) is 3.23. The van der Waals surface area contributed by atoms with Crippen LogP contribution in [0.1, 0.15) is 5.56 Å². The van der Waals surface area contributed by atoms with Crippen LogP contribution in [0.15, 0.2) is 36.5 Å². The molecule has 0 aliphatic carbocycles. The van der Waals surface area contributed by atoms with Crippen molar-refractivity contribution in [2.45, 2.75) is 6.42 Å². The maximum atomic E-state index is 13.2. The second-order valence-corrected chi connectivity index (χ2v) is 3.79. The molecule has 1 N–H and O–H groups in total. The van der Waals surface area contributed by atoms with Crippen LogP contribution in [0.5, 0.6) is 0 Å². The van der Waals surface area contributed by atoms with Gasteiger partial charge in [-0.05, 0) is 24.1 Å². The monoisotopic (exact) mass is 252 g/mol. The van der Waals surface area contributed by atoms with Gasteiger partial charge in [-0.25, -0.2) is 18.2 Å². The number of halogens is 3. The Morgan fingerprint density at radius 1 is 1.06 bits per heavy atom. The van der Waals surface area contributed by atoms with E-state index in [0.717, 1.165) is 17.8 Å². The smallest absolute Gasteiger partial charge is 0.168 e. The first-order valence-corrected chi connectivity index (χ1v) is 5.44. The van der Waals surface area contributed by atoms with Gasteiger partial charge in [0.25, 0.3) is 0 Å². The van der Waals surface area contributed by atoms with E-state index in [9.17, 15) is 13.2 Å². The van der Waals surface area contributed by atoms with E-state index in [4.69, 9.17) is 0 Å². The lowest BCUT2D eigenvalue weighted by atomic mass is 10.1. The summed E-state index contributed by atoms with van der Waals surface area (Å²) in [7, 11) is 0. The second kappa shape index (κ2) is 5.53. The van der Waals surface area contributed by atoms with Crippen LogP contribution in [0.3, 0.4) is 0 Å². The largest absolute Gasteiger partial charge is 0.367 e. The van der Waals surface area contributed by atoms with Crippen molar-refractivity contribution in [1.82, 2.24) is 4.98 Å². The number of aromatic nitrogens is 1. The number of nitrogens with zero attached hydrogens (tertiary/aromatic N) is 1. The normalized spacial score (nSPS) is 10.4. The Kier molecular flexibility index (Phi) is 3.82. The topological polar surface area (TPSA) is 24.9 Å². The molecule has 2 aromatic rings. The predicted octanol–water partition coefficient (Wildman–Crippen LogP) is 3.15. The molecule has 0 atom stereocenters. The van der Waals surface area contributed by atoms with E-state index in [1.54, 1.807) is 12.1 Å². The highest BCUT2D eigenvalue weighted by Crippen LogP contribution is 2.11. The van der Waals surface area contributed by atoms with E-state index in [1.165, 1.54) is 12.1 Å². The predicted molar refractivity (Wildman–Crippen MR) is 62.7 cm³/mol. The summed E-state index contributed by atoms with van der Waals surface area (Å²) in [5.41, 5.74) is 0.796. The summed E-state index contributed by atoms with van der Waals surface area (Å²) in [6.45, 7) is 0.388. The highest BCUT2D eigenvalue weighted by molar-refractivity contribution is 5.36. The van der Waals surface area contributed by atoms with E-state index in [-0.39, 0.29) is 11.6 Å². The first-order chi connectivity index (χ1) is 8.65. The summed E-state index contributed by atoms with van der Waals surface area (Å²) in [5, 5.41) is 2.73. The number of pyridine rings is 1. The van der Waals surface area contributed by atoms with Crippen molar-refractivity contribution in [2.24, 2.45) is 0 Å². The Morgan fingerprint density at radius 2 is 1.89 bits per heavy atom. The van der Waals surface area contributed by atoms with Gasteiger partial charge in [0.15, 0.2) is 11.6 Å². The van der Waals surface area contributed by atoms with Gasteiger partial charge in [0.2, 0.25) is 0 Å². The molecule has 0 radical (unpaired) electrons. The van der Waals surface area contributed by atoms with Crippen molar-refractivity contribution in [1.29, 1.82) is 0 Å². The molecule has 2 rings (SSSR count). The lowest BCUT2D eigenvalue weighted by Crippen LogP contribution is -2.08. The van der Waals surface area contributed by atoms with Gasteiger partial charge in [0.1, 0.15) is 11.6 Å². The SMILES string of the molecule is Fc1cccc(CCNc2ncc(F)cc2F)c1. The molecule has 0 amide bonds. The Bertz CT molecular complexity index is 544. The summed E-state index contributed by atoms with van der Waals surface area (Å²) in [6, 6.07) is 6.92. The van der Waals surface area contributed by atoms with Crippen LogP contribution in [0.2, 0.25) is 0 Å². The van der Waals surface area contributed by atoms with E-state index in [0.29, 0.717) is 13.0 Å². The lowest BCUT2D eigenvalue weighted by Gasteiger charge is -2.06. The molecule has 2 nitrogen and oxygen atoms in total. The lowest BCUT2D eigenvalue weighted by molar-refractivity contribution is 0.575. The van der Waals surface area contributed by atoms with Gasteiger partial charge in [-0.15, -0.1) is 0 Å². The summed E-state index contributed by atoms with van der Waals surface area (Å²) in [4.78, 5) is 3.59. The number of nitrogens with one attached hydrogen (secondary N) is 1. The number of benzene rings is 1. The first kappa shape index (κ1) is 12.4. The zero-order chi connectivity index (χ0) is 13.0. The molecule has 0 aliphatic heterocycles. The Morgan fingerprint density at radius 3 is 2.61 bits per heavy atom. The molecule has 1 aromatic heterocycles. The summed E-state index contributed by atoms with van der Waals surface area (Å²) >= 11 is 0. The van der Waals surface area contributed by atoms with Crippen molar-refractivity contribution in [3.63, 3.8) is 0 Å². The molecule has 1 heterocycles. The standard InChI is InChI=1S/C13H11F3N2/c14-10-3-1-2-9(6-10)4-5-17-13-12(16)7-11(15)8-18-13/h1-3,6-8H,4-5H2,(H,17,18). The van der Waals surface area contributed by atoms with Crippen molar-refractivity contribution in [2.75, 3.05) is 11.9 Å². The zero-order valence-corrected chi connectivity index (χ0v) is 9.46. The van der Waals surface area contributed by atoms with Gasteiger partial charge >= 0.3 is 0 Å². The molecular formula is C13H11F3N2. The van der Waals surface area contributed by atoms with Crippen molar-refractivity contribution in [3.05, 3.63) is 59.5 Å². The Labute approximate surface area is 102 Å². The van der Waals surface area contributed by atoms with Crippen LogP contribution in [0.25, 0.3) is 0 Å². The maximum absolute atomic E-state index is 13.2. The molecule has 0 fully saturated rings. The fourth-order valence-corrected chi connectivity index (χ4v) is 1.56. The minimum Gasteiger partial charge on any atom is -0.367 e. The summed E-state index contributed by atoms with van der Waals surface area (Å²) in [6.07, 6.45) is 1.46. The number of hydrogen-bond acceptors (Lipinski definition) is 2. The van der Waals surface area contributed by atoms with Crippen molar-refractivity contribution in [3.8, 4) is 0 Å². The summed E-state index contributed by atoms with van der Waals surface area (Å²) < 4.78 is 38.7. The number of hydrogen-bond donors (Lipinski definition) is 1. The van der Waals surface area contributed by atoms with Gasteiger partial charge in [0.05, 0.1) is 6.20 Å². The van der Waals surface area contributed by atoms with Crippen LogP contribution in [-0.4, -0.2) is 11.5 Å². The molecule has 1 aromatic carbocycles. The molecular weight excluding hydrogens is 241 g/mol. The highest BCUT2D eigenvalue weighted by atomic mass is 19.1.